The van der Waals surface area contributed by atoms with Gasteiger partial charge in [-0.2, -0.15) is 5.10 Å². The van der Waals surface area contributed by atoms with Crippen molar-refractivity contribution in [3.63, 3.8) is 0 Å². The summed E-state index contributed by atoms with van der Waals surface area (Å²) in [5.74, 6) is 5.49. The smallest absolute Gasteiger partial charge is 0.257 e. The zero-order valence-corrected chi connectivity index (χ0v) is 7.45. The van der Waals surface area contributed by atoms with Crippen LogP contribution in [0.15, 0.2) is 23.7 Å². The number of hydrogen-bond acceptors (Lipinski definition) is 6. The van der Waals surface area contributed by atoms with Crippen LogP contribution >= 0.6 is 11.3 Å². The van der Waals surface area contributed by atoms with Crippen LogP contribution in [0.25, 0.3) is 10.6 Å². The van der Waals surface area contributed by atoms with E-state index in [1.54, 1.807) is 17.5 Å². The normalized spacial score (nSPS) is 9.92. The third-order valence-electron chi connectivity index (χ3n) is 1.46. The van der Waals surface area contributed by atoms with E-state index in [2.05, 4.69) is 20.6 Å². The minimum absolute atomic E-state index is 0.325. The molecule has 3 N–H and O–H groups in total. The highest BCUT2D eigenvalue weighted by Crippen LogP contribution is 2.21. The van der Waals surface area contributed by atoms with E-state index in [1.165, 1.54) is 0 Å². The van der Waals surface area contributed by atoms with E-state index in [0.29, 0.717) is 5.95 Å². The predicted molar refractivity (Wildman–Crippen MR) is 51.0 cm³/mol. The van der Waals surface area contributed by atoms with Crippen molar-refractivity contribution in [1.82, 2.24) is 15.2 Å². The molecule has 0 amide bonds. The molecule has 13 heavy (non-hydrogen) atoms. The lowest BCUT2D eigenvalue weighted by Gasteiger charge is -1.98. The number of nitrogens with two attached hydrogens (primary N) is 1. The molecule has 2 heterocycles. The van der Waals surface area contributed by atoms with E-state index in [1.807, 2.05) is 17.5 Å². The topological polar surface area (TPSA) is 76.7 Å². The number of nitrogen functional groups attached to an aromatic ring is 1. The number of rotatable bonds is 2. The third-order valence-corrected chi connectivity index (χ3v) is 2.35. The van der Waals surface area contributed by atoms with Crippen molar-refractivity contribution < 1.29 is 0 Å². The number of thiophene rings is 1. The lowest BCUT2D eigenvalue weighted by molar-refractivity contribution is 0.967. The van der Waals surface area contributed by atoms with Gasteiger partial charge in [-0.05, 0) is 11.4 Å². The molecule has 0 aliphatic carbocycles. The lowest BCUT2D eigenvalue weighted by Crippen LogP contribution is -2.11. The molecule has 0 aliphatic rings. The van der Waals surface area contributed by atoms with E-state index in [4.69, 9.17) is 5.84 Å². The van der Waals surface area contributed by atoms with Gasteiger partial charge in [0.2, 0.25) is 0 Å². The average molecular weight is 193 g/mol. The van der Waals surface area contributed by atoms with Gasteiger partial charge in [0.05, 0.1) is 11.1 Å². The van der Waals surface area contributed by atoms with E-state index in [-0.39, 0.29) is 0 Å². The summed E-state index contributed by atoms with van der Waals surface area (Å²) in [6, 6.07) is 3.92. The summed E-state index contributed by atoms with van der Waals surface area (Å²) < 4.78 is 0. The van der Waals surface area contributed by atoms with Crippen LogP contribution in [-0.4, -0.2) is 15.2 Å². The van der Waals surface area contributed by atoms with Crippen molar-refractivity contribution in [2.24, 2.45) is 5.84 Å². The molecule has 0 unspecified atom stereocenters. The number of hydrazine groups is 1. The van der Waals surface area contributed by atoms with E-state index >= 15 is 0 Å². The Bertz CT molecular complexity index is 386. The summed E-state index contributed by atoms with van der Waals surface area (Å²) in [5.41, 5.74) is 3.13. The van der Waals surface area contributed by atoms with Gasteiger partial charge >= 0.3 is 0 Å². The fraction of sp³-hybridized carbons (Fsp3) is 0. The molecule has 5 nitrogen and oxygen atoms in total. The average Bonchev–Trinajstić information content (AvgIpc) is 2.71. The lowest BCUT2D eigenvalue weighted by atomic mass is 10.4. The fourth-order valence-electron chi connectivity index (χ4n) is 0.908. The van der Waals surface area contributed by atoms with Gasteiger partial charge < -0.3 is 0 Å². The van der Waals surface area contributed by atoms with Crippen LogP contribution in [0.5, 0.6) is 0 Å². The van der Waals surface area contributed by atoms with Crippen LogP contribution in [0, 0.1) is 0 Å². The van der Waals surface area contributed by atoms with Gasteiger partial charge in [0.15, 0.2) is 0 Å². The van der Waals surface area contributed by atoms with Crippen molar-refractivity contribution in [2.45, 2.75) is 0 Å². The Kier molecular flexibility index (Phi) is 2.15. The van der Waals surface area contributed by atoms with Crippen LogP contribution in [0.4, 0.5) is 5.95 Å². The molecule has 0 saturated carbocycles. The highest BCUT2D eigenvalue weighted by Gasteiger charge is 2.02. The van der Waals surface area contributed by atoms with Crippen LogP contribution in [0.3, 0.4) is 0 Å². The van der Waals surface area contributed by atoms with Gasteiger partial charge in [-0.25, -0.2) is 10.8 Å². The van der Waals surface area contributed by atoms with Crippen LogP contribution in [0.1, 0.15) is 0 Å². The Hall–Kier alpha value is -1.53. The maximum Gasteiger partial charge on any atom is 0.257 e. The molecule has 6 heteroatoms. The van der Waals surface area contributed by atoms with Crippen LogP contribution in [0.2, 0.25) is 0 Å². The van der Waals surface area contributed by atoms with Crippen molar-refractivity contribution in [3.05, 3.63) is 23.7 Å². The third kappa shape index (κ3) is 1.63. The first kappa shape index (κ1) is 8.09. The summed E-state index contributed by atoms with van der Waals surface area (Å²) in [6.07, 6.45) is 1.60. The standard InChI is InChI=1S/C7H7N5S/c8-11-7-10-5(4-9-12-7)6-2-1-3-13-6/h1-4H,8H2,(H,10,11,12). The molecule has 2 rings (SSSR count). The second-order valence-electron chi connectivity index (χ2n) is 2.29. The molecule has 0 aromatic carbocycles. The minimum atomic E-state index is 0.325. The molecule has 0 saturated heterocycles. The number of aromatic nitrogens is 3. The minimum Gasteiger partial charge on any atom is -0.291 e. The zero-order valence-electron chi connectivity index (χ0n) is 6.64. The number of nitrogens with one attached hydrogen (secondary N) is 1. The quantitative estimate of drug-likeness (QED) is 0.547. The van der Waals surface area contributed by atoms with Gasteiger partial charge in [-0.1, -0.05) is 6.07 Å². The summed E-state index contributed by atoms with van der Waals surface area (Å²) in [5, 5.41) is 9.42. The molecule has 66 valence electrons. The molecular formula is C7H7N5S. The van der Waals surface area contributed by atoms with Gasteiger partial charge in [0.1, 0.15) is 5.69 Å². The molecule has 0 aliphatic heterocycles. The Balaban J connectivity index is 2.41. The number of nitrogens with zero attached hydrogens (tertiary/aromatic N) is 3. The first-order chi connectivity index (χ1) is 6.40. The molecule has 0 atom stereocenters. The molecule has 2 aromatic heterocycles. The van der Waals surface area contributed by atoms with Gasteiger partial charge in [-0.3, -0.25) is 5.43 Å². The fourth-order valence-corrected chi connectivity index (χ4v) is 1.59. The highest BCUT2D eigenvalue weighted by atomic mass is 32.1. The number of hydrogen-bond donors (Lipinski definition) is 2. The molecule has 0 fully saturated rings. The Labute approximate surface area is 78.6 Å². The van der Waals surface area contributed by atoms with Crippen molar-refractivity contribution in [3.8, 4) is 10.6 Å². The van der Waals surface area contributed by atoms with Gasteiger partial charge in [-0.15, -0.1) is 16.4 Å². The Morgan fingerprint density at radius 1 is 1.46 bits per heavy atom. The molecule has 2 aromatic rings. The zero-order chi connectivity index (χ0) is 9.10. The molecular weight excluding hydrogens is 186 g/mol. The Morgan fingerprint density at radius 3 is 3.08 bits per heavy atom. The van der Waals surface area contributed by atoms with Gasteiger partial charge in [0, 0.05) is 0 Å². The van der Waals surface area contributed by atoms with E-state index in [9.17, 15) is 0 Å². The Morgan fingerprint density at radius 2 is 2.38 bits per heavy atom. The second kappa shape index (κ2) is 3.46. The highest BCUT2D eigenvalue weighted by molar-refractivity contribution is 7.13. The summed E-state index contributed by atoms with van der Waals surface area (Å²) in [4.78, 5) is 5.18. The SMILES string of the molecule is NNc1nncc(-c2cccs2)n1. The number of anilines is 1. The molecule has 0 radical (unpaired) electrons. The molecule has 0 bridgehead atoms. The second-order valence-corrected chi connectivity index (χ2v) is 3.23. The maximum atomic E-state index is 5.16. The summed E-state index contributed by atoms with van der Waals surface area (Å²) in [7, 11) is 0. The summed E-state index contributed by atoms with van der Waals surface area (Å²) >= 11 is 1.60. The maximum absolute atomic E-state index is 5.16. The largest absolute Gasteiger partial charge is 0.291 e. The van der Waals surface area contributed by atoms with Crippen LogP contribution < -0.4 is 11.3 Å². The van der Waals surface area contributed by atoms with Crippen LogP contribution in [-0.2, 0) is 0 Å². The first-order valence-corrected chi connectivity index (χ1v) is 4.48. The van der Waals surface area contributed by atoms with E-state index < -0.39 is 0 Å². The van der Waals surface area contributed by atoms with Crippen molar-refractivity contribution >= 4 is 17.3 Å². The predicted octanol–water partition coefficient (Wildman–Crippen LogP) is 0.886. The first-order valence-electron chi connectivity index (χ1n) is 3.60. The van der Waals surface area contributed by atoms with Crippen molar-refractivity contribution in [1.29, 1.82) is 0 Å². The summed E-state index contributed by atoms with van der Waals surface area (Å²) in [6.45, 7) is 0. The molecule has 0 spiro atoms. The van der Waals surface area contributed by atoms with E-state index in [0.717, 1.165) is 10.6 Å². The monoisotopic (exact) mass is 193 g/mol. The van der Waals surface area contributed by atoms with Gasteiger partial charge in [0.25, 0.3) is 5.95 Å². The van der Waals surface area contributed by atoms with Crippen molar-refractivity contribution in [2.75, 3.05) is 5.43 Å².